The van der Waals surface area contributed by atoms with Crippen molar-refractivity contribution < 1.29 is 17.7 Å². The summed E-state index contributed by atoms with van der Waals surface area (Å²) in [7, 11) is -4.02. The number of unbranched alkanes of at least 4 members (excludes halogenated alkanes) is 1. The molecular weight excluding hydrogens is 499 g/mol. The molecule has 0 saturated carbocycles. The zero-order chi connectivity index (χ0) is 21.3. The van der Waals surface area contributed by atoms with Gasteiger partial charge in [0, 0.05) is 3.57 Å². The Morgan fingerprint density at radius 3 is 2.10 bits per heavy atom. The second-order valence-corrected chi connectivity index (χ2v) is 9.08. The fourth-order valence-electron chi connectivity index (χ4n) is 2.47. The SMILES string of the molecule is CCCCOc1ccc(-c2ccccc2I)cc1.Cc1ccc(S(=O)(=O)O)cc1. The van der Waals surface area contributed by atoms with Crippen LogP contribution in [-0.4, -0.2) is 19.6 Å². The number of ether oxygens (including phenoxy) is 1. The van der Waals surface area contributed by atoms with Gasteiger partial charge in [-0.1, -0.05) is 61.4 Å². The average molecular weight is 524 g/mol. The van der Waals surface area contributed by atoms with Crippen molar-refractivity contribution in [2.75, 3.05) is 6.61 Å². The van der Waals surface area contributed by atoms with Crippen LogP contribution < -0.4 is 4.74 Å². The van der Waals surface area contributed by atoms with Gasteiger partial charge in [0.25, 0.3) is 10.1 Å². The Bertz CT molecular complexity index is 998. The van der Waals surface area contributed by atoms with E-state index in [1.54, 1.807) is 12.1 Å². The molecule has 3 aromatic rings. The van der Waals surface area contributed by atoms with Gasteiger partial charge < -0.3 is 4.74 Å². The molecule has 0 aliphatic rings. The third kappa shape index (κ3) is 7.79. The van der Waals surface area contributed by atoms with E-state index in [9.17, 15) is 8.42 Å². The minimum absolute atomic E-state index is 0.0666. The van der Waals surface area contributed by atoms with E-state index in [0.29, 0.717) is 0 Å². The minimum Gasteiger partial charge on any atom is -0.494 e. The molecule has 0 atom stereocenters. The lowest BCUT2D eigenvalue weighted by Crippen LogP contribution is -1.96. The first-order valence-corrected chi connectivity index (χ1v) is 11.8. The van der Waals surface area contributed by atoms with E-state index in [-0.39, 0.29) is 4.90 Å². The summed E-state index contributed by atoms with van der Waals surface area (Å²) < 4.78 is 36.5. The fourth-order valence-corrected chi connectivity index (χ4v) is 3.65. The van der Waals surface area contributed by atoms with Crippen LogP contribution >= 0.6 is 22.6 Å². The van der Waals surface area contributed by atoms with Crippen molar-refractivity contribution in [1.29, 1.82) is 0 Å². The van der Waals surface area contributed by atoms with E-state index in [1.165, 1.54) is 33.3 Å². The smallest absolute Gasteiger partial charge is 0.294 e. The quantitative estimate of drug-likeness (QED) is 0.231. The third-order valence-corrected chi connectivity index (χ3v) is 5.93. The number of aryl methyl sites for hydroxylation is 1. The van der Waals surface area contributed by atoms with E-state index in [4.69, 9.17) is 9.29 Å². The van der Waals surface area contributed by atoms with Crippen LogP contribution in [0.4, 0.5) is 0 Å². The largest absolute Gasteiger partial charge is 0.494 e. The van der Waals surface area contributed by atoms with E-state index in [2.05, 4.69) is 65.9 Å². The number of hydrogen-bond donors (Lipinski definition) is 1. The molecule has 0 saturated heterocycles. The summed E-state index contributed by atoms with van der Waals surface area (Å²) in [6, 6.07) is 22.7. The van der Waals surface area contributed by atoms with Crippen LogP contribution in [0.15, 0.2) is 77.7 Å². The number of benzene rings is 3. The average Bonchev–Trinajstić information content (AvgIpc) is 2.69. The predicted molar refractivity (Wildman–Crippen MR) is 126 cm³/mol. The van der Waals surface area contributed by atoms with Gasteiger partial charge in [0.15, 0.2) is 0 Å². The zero-order valence-corrected chi connectivity index (χ0v) is 19.5. The monoisotopic (exact) mass is 524 g/mol. The normalized spacial score (nSPS) is 10.8. The highest BCUT2D eigenvalue weighted by Crippen LogP contribution is 2.26. The summed E-state index contributed by atoms with van der Waals surface area (Å²) in [5, 5.41) is 0. The molecule has 0 bridgehead atoms. The summed E-state index contributed by atoms with van der Waals surface area (Å²) in [5.41, 5.74) is 3.47. The molecule has 0 amide bonds. The van der Waals surface area contributed by atoms with Crippen molar-refractivity contribution in [3.8, 4) is 16.9 Å². The fraction of sp³-hybridized carbons (Fsp3) is 0.217. The minimum atomic E-state index is -4.02. The molecule has 0 spiro atoms. The van der Waals surface area contributed by atoms with Crippen LogP contribution in [-0.2, 0) is 10.1 Å². The van der Waals surface area contributed by atoms with Crippen molar-refractivity contribution in [3.63, 3.8) is 0 Å². The molecule has 0 unspecified atom stereocenters. The summed E-state index contributed by atoms with van der Waals surface area (Å²) in [4.78, 5) is -0.0666. The summed E-state index contributed by atoms with van der Waals surface area (Å²) >= 11 is 2.37. The van der Waals surface area contributed by atoms with Crippen molar-refractivity contribution in [2.45, 2.75) is 31.6 Å². The van der Waals surface area contributed by atoms with E-state index in [0.717, 1.165) is 24.3 Å². The highest BCUT2D eigenvalue weighted by molar-refractivity contribution is 14.1. The van der Waals surface area contributed by atoms with E-state index in [1.807, 2.05) is 19.1 Å². The lowest BCUT2D eigenvalue weighted by Gasteiger charge is -2.08. The first-order chi connectivity index (χ1) is 13.8. The summed E-state index contributed by atoms with van der Waals surface area (Å²) in [6.07, 6.45) is 2.28. The van der Waals surface area contributed by atoms with Crippen molar-refractivity contribution >= 4 is 32.7 Å². The molecule has 0 fully saturated rings. The third-order valence-electron chi connectivity index (χ3n) is 4.12. The van der Waals surface area contributed by atoms with Gasteiger partial charge >= 0.3 is 0 Å². The molecule has 3 aromatic carbocycles. The maximum Gasteiger partial charge on any atom is 0.294 e. The van der Waals surface area contributed by atoms with Crippen molar-refractivity contribution in [1.82, 2.24) is 0 Å². The maximum atomic E-state index is 10.5. The number of rotatable bonds is 6. The molecule has 29 heavy (non-hydrogen) atoms. The van der Waals surface area contributed by atoms with Gasteiger partial charge in [0.1, 0.15) is 5.75 Å². The van der Waals surface area contributed by atoms with Gasteiger partial charge in [0.2, 0.25) is 0 Å². The molecule has 0 aliphatic carbocycles. The standard InChI is InChI=1S/C16H17IO.C7H8O3S/c1-2-3-12-18-14-10-8-13(9-11-14)15-6-4-5-7-16(15)17;1-6-2-4-7(5-3-6)11(8,9)10/h4-11H,2-3,12H2,1H3;2-5H,1H3,(H,8,9,10). The van der Waals surface area contributed by atoms with Crippen LogP contribution in [0.1, 0.15) is 25.3 Å². The highest BCUT2D eigenvalue weighted by Gasteiger charge is 2.06. The summed E-state index contributed by atoms with van der Waals surface area (Å²) in [6.45, 7) is 4.82. The van der Waals surface area contributed by atoms with Gasteiger partial charge in [-0.05, 0) is 77.4 Å². The Hall–Kier alpha value is -1.90. The van der Waals surface area contributed by atoms with Crippen LogP contribution in [0.3, 0.4) is 0 Å². The van der Waals surface area contributed by atoms with Crippen LogP contribution in [0, 0.1) is 10.5 Å². The first-order valence-electron chi connectivity index (χ1n) is 9.33. The molecule has 154 valence electrons. The van der Waals surface area contributed by atoms with Gasteiger partial charge in [-0.3, -0.25) is 4.55 Å². The first kappa shape index (κ1) is 23.4. The van der Waals surface area contributed by atoms with Crippen LogP contribution in [0.25, 0.3) is 11.1 Å². The van der Waals surface area contributed by atoms with Gasteiger partial charge in [0.05, 0.1) is 11.5 Å². The number of hydrogen-bond acceptors (Lipinski definition) is 3. The van der Waals surface area contributed by atoms with E-state index < -0.39 is 10.1 Å². The van der Waals surface area contributed by atoms with Gasteiger partial charge in [-0.2, -0.15) is 8.42 Å². The Kier molecular flexibility index (Phi) is 9.13. The Labute approximate surface area is 186 Å². The van der Waals surface area contributed by atoms with Crippen molar-refractivity contribution in [3.05, 3.63) is 81.9 Å². The molecule has 0 aromatic heterocycles. The molecule has 4 nitrogen and oxygen atoms in total. The molecule has 0 heterocycles. The predicted octanol–water partition coefficient (Wildman–Crippen LogP) is 6.38. The second kappa shape index (κ2) is 11.3. The lowest BCUT2D eigenvalue weighted by molar-refractivity contribution is 0.309. The molecular formula is C23H25IO4S. The van der Waals surface area contributed by atoms with E-state index >= 15 is 0 Å². The van der Waals surface area contributed by atoms with Gasteiger partial charge in [-0.15, -0.1) is 0 Å². The van der Waals surface area contributed by atoms with Crippen molar-refractivity contribution in [2.24, 2.45) is 0 Å². The Morgan fingerprint density at radius 1 is 0.931 bits per heavy atom. The zero-order valence-electron chi connectivity index (χ0n) is 16.5. The lowest BCUT2D eigenvalue weighted by atomic mass is 10.1. The molecule has 0 radical (unpaired) electrons. The Morgan fingerprint density at radius 2 is 1.55 bits per heavy atom. The van der Waals surface area contributed by atoms with Crippen LogP contribution in [0.2, 0.25) is 0 Å². The number of halogens is 1. The molecule has 6 heteroatoms. The summed E-state index contributed by atoms with van der Waals surface area (Å²) in [5.74, 6) is 0.957. The Balaban J connectivity index is 0.000000234. The maximum absolute atomic E-state index is 10.5. The molecule has 3 rings (SSSR count). The van der Waals surface area contributed by atoms with Crippen LogP contribution in [0.5, 0.6) is 5.75 Å². The molecule has 0 aliphatic heterocycles. The topological polar surface area (TPSA) is 63.6 Å². The van der Waals surface area contributed by atoms with Gasteiger partial charge in [-0.25, -0.2) is 0 Å². The molecule has 1 N–H and O–H groups in total. The highest BCUT2D eigenvalue weighted by atomic mass is 127. The second-order valence-electron chi connectivity index (χ2n) is 6.49.